The van der Waals surface area contributed by atoms with Gasteiger partial charge >= 0.3 is 23.9 Å². The van der Waals surface area contributed by atoms with Gasteiger partial charge in [0.1, 0.15) is 17.6 Å². The normalized spacial score (nSPS) is 25.5. The SMILES string of the molecule is CC(=O)OC(N)[C@H]1O[C@@H](c2ncc(C(=O)O)[nH]2)[C@H](OC(C)=O)[C@@H]1OC(C)=O. The molecule has 0 bridgehead atoms. The highest BCUT2D eigenvalue weighted by atomic mass is 16.7. The van der Waals surface area contributed by atoms with Gasteiger partial charge in [-0.3, -0.25) is 20.1 Å². The van der Waals surface area contributed by atoms with Crippen LogP contribution in [0.3, 0.4) is 0 Å². The predicted molar refractivity (Wildman–Crippen MR) is 84.0 cm³/mol. The Morgan fingerprint density at radius 1 is 1.15 bits per heavy atom. The lowest BCUT2D eigenvalue weighted by atomic mass is 10.1. The zero-order chi connectivity index (χ0) is 20.3. The standard InChI is InChI=1S/C15H19N3O9/c1-5(19)24-9-10(25-6(2)20)12(14-17-4-8(18-14)15(22)23)27-11(9)13(16)26-7(3)21/h4,9-13H,16H2,1-3H3,(H,17,18)(H,22,23)/t9-,10+,11-,12+,13?/m0/s1. The van der Waals surface area contributed by atoms with E-state index >= 15 is 0 Å². The van der Waals surface area contributed by atoms with Crippen molar-refractivity contribution < 1.29 is 43.2 Å². The number of hydrogen-bond donors (Lipinski definition) is 3. The van der Waals surface area contributed by atoms with Crippen LogP contribution >= 0.6 is 0 Å². The van der Waals surface area contributed by atoms with Gasteiger partial charge in [-0.1, -0.05) is 0 Å². The Bertz CT molecular complexity index is 747. The van der Waals surface area contributed by atoms with Gasteiger partial charge in [0, 0.05) is 20.8 Å². The topological polar surface area (TPSA) is 180 Å². The number of nitrogens with one attached hydrogen (secondary N) is 1. The molecule has 5 atom stereocenters. The molecule has 27 heavy (non-hydrogen) atoms. The van der Waals surface area contributed by atoms with E-state index in [2.05, 4.69) is 9.97 Å². The summed E-state index contributed by atoms with van der Waals surface area (Å²) in [7, 11) is 0. The Morgan fingerprint density at radius 3 is 2.22 bits per heavy atom. The molecule has 12 heteroatoms. The number of nitrogens with zero attached hydrogens (tertiary/aromatic N) is 1. The van der Waals surface area contributed by atoms with Crippen molar-refractivity contribution in [2.75, 3.05) is 0 Å². The average Bonchev–Trinajstić information content (AvgIpc) is 3.12. The van der Waals surface area contributed by atoms with Crippen LogP contribution in [-0.4, -0.2) is 63.5 Å². The molecule has 2 heterocycles. The molecular formula is C15H19N3O9. The minimum Gasteiger partial charge on any atom is -0.477 e. The van der Waals surface area contributed by atoms with Crippen molar-refractivity contribution in [3.8, 4) is 0 Å². The van der Waals surface area contributed by atoms with E-state index in [4.69, 9.17) is 29.8 Å². The number of aromatic amines is 1. The number of carbonyl (C=O) groups excluding carboxylic acids is 3. The predicted octanol–water partition coefficient (Wildman–Crippen LogP) is -0.741. The van der Waals surface area contributed by atoms with E-state index in [1.165, 1.54) is 0 Å². The molecule has 0 saturated carbocycles. The van der Waals surface area contributed by atoms with Crippen LogP contribution in [0.2, 0.25) is 0 Å². The molecule has 12 nitrogen and oxygen atoms in total. The highest BCUT2D eigenvalue weighted by molar-refractivity contribution is 5.85. The number of imidazole rings is 1. The van der Waals surface area contributed by atoms with Gasteiger partial charge in [0.05, 0.1) is 6.20 Å². The van der Waals surface area contributed by atoms with Crippen molar-refractivity contribution in [1.82, 2.24) is 9.97 Å². The lowest BCUT2D eigenvalue weighted by Gasteiger charge is -2.25. The summed E-state index contributed by atoms with van der Waals surface area (Å²) in [6, 6.07) is 0. The maximum absolute atomic E-state index is 11.5. The zero-order valence-electron chi connectivity index (χ0n) is 14.7. The number of H-pyrrole nitrogens is 1. The van der Waals surface area contributed by atoms with Crippen LogP contribution in [0.4, 0.5) is 0 Å². The van der Waals surface area contributed by atoms with Crippen LogP contribution in [0.1, 0.15) is 43.2 Å². The first kappa shape index (κ1) is 20.3. The first-order valence-corrected chi connectivity index (χ1v) is 7.81. The van der Waals surface area contributed by atoms with E-state index in [0.29, 0.717) is 0 Å². The van der Waals surface area contributed by atoms with E-state index in [1.807, 2.05) is 0 Å². The zero-order valence-corrected chi connectivity index (χ0v) is 14.7. The largest absolute Gasteiger partial charge is 0.477 e. The highest BCUT2D eigenvalue weighted by Gasteiger charge is 2.53. The molecule has 1 aromatic rings. The third kappa shape index (κ3) is 4.80. The number of nitrogens with two attached hydrogens (primary N) is 1. The van der Waals surface area contributed by atoms with Crippen molar-refractivity contribution >= 4 is 23.9 Å². The van der Waals surface area contributed by atoms with Gasteiger partial charge in [0.15, 0.2) is 24.5 Å². The molecule has 1 fully saturated rings. The summed E-state index contributed by atoms with van der Waals surface area (Å²) in [4.78, 5) is 51.7. The summed E-state index contributed by atoms with van der Waals surface area (Å²) >= 11 is 0. The van der Waals surface area contributed by atoms with E-state index in [-0.39, 0.29) is 11.5 Å². The lowest BCUT2D eigenvalue weighted by molar-refractivity contribution is -0.169. The molecule has 0 aliphatic carbocycles. The molecule has 148 valence electrons. The molecule has 1 unspecified atom stereocenters. The van der Waals surface area contributed by atoms with Gasteiger partial charge in [0.2, 0.25) is 0 Å². The fourth-order valence-electron chi connectivity index (χ4n) is 2.66. The molecule has 1 aromatic heterocycles. The smallest absolute Gasteiger partial charge is 0.353 e. The van der Waals surface area contributed by atoms with Crippen LogP contribution < -0.4 is 5.73 Å². The van der Waals surface area contributed by atoms with Crippen molar-refractivity contribution in [3.63, 3.8) is 0 Å². The van der Waals surface area contributed by atoms with E-state index < -0.39 is 54.5 Å². The van der Waals surface area contributed by atoms with Gasteiger partial charge in [-0.15, -0.1) is 0 Å². The van der Waals surface area contributed by atoms with E-state index in [9.17, 15) is 19.2 Å². The Labute approximate surface area is 152 Å². The van der Waals surface area contributed by atoms with Crippen LogP contribution in [0.15, 0.2) is 6.20 Å². The summed E-state index contributed by atoms with van der Waals surface area (Å²) in [5.41, 5.74) is 5.58. The molecule has 1 aliphatic heterocycles. The summed E-state index contributed by atoms with van der Waals surface area (Å²) in [5.74, 6) is -3.38. The lowest BCUT2D eigenvalue weighted by Crippen LogP contribution is -2.48. The Hall–Kier alpha value is -2.99. The Morgan fingerprint density at radius 2 is 1.74 bits per heavy atom. The molecule has 0 radical (unpaired) electrons. The molecule has 4 N–H and O–H groups in total. The Kier molecular flexibility index (Phi) is 6.13. The quantitative estimate of drug-likeness (QED) is 0.319. The highest BCUT2D eigenvalue weighted by Crippen LogP contribution is 2.37. The summed E-state index contributed by atoms with van der Waals surface area (Å²) < 4.78 is 20.9. The molecule has 0 spiro atoms. The summed E-state index contributed by atoms with van der Waals surface area (Å²) in [5, 5.41) is 9.02. The number of carbonyl (C=O) groups is 4. The van der Waals surface area contributed by atoms with Gasteiger partial charge in [-0.25, -0.2) is 9.78 Å². The number of ether oxygens (including phenoxy) is 4. The Balaban J connectivity index is 2.40. The molecule has 0 aromatic carbocycles. The minimum absolute atomic E-state index is 0.00771. The molecule has 0 amide bonds. The third-order valence-electron chi connectivity index (χ3n) is 3.58. The number of carboxylic acid groups (broad SMARTS) is 1. The summed E-state index contributed by atoms with van der Waals surface area (Å²) in [6.45, 7) is 3.39. The number of esters is 3. The van der Waals surface area contributed by atoms with E-state index in [1.54, 1.807) is 0 Å². The second-order valence-corrected chi connectivity index (χ2v) is 5.73. The van der Waals surface area contributed by atoms with Crippen molar-refractivity contribution in [3.05, 3.63) is 17.7 Å². The third-order valence-corrected chi connectivity index (χ3v) is 3.58. The maximum Gasteiger partial charge on any atom is 0.353 e. The number of aromatic carboxylic acids is 1. The molecule has 2 rings (SSSR count). The van der Waals surface area contributed by atoms with Crippen LogP contribution in [0, 0.1) is 0 Å². The number of carboxylic acids is 1. The van der Waals surface area contributed by atoms with Crippen molar-refractivity contribution in [2.24, 2.45) is 5.73 Å². The fraction of sp³-hybridized carbons (Fsp3) is 0.533. The average molecular weight is 385 g/mol. The van der Waals surface area contributed by atoms with E-state index in [0.717, 1.165) is 27.0 Å². The van der Waals surface area contributed by atoms with Crippen LogP contribution in [0.5, 0.6) is 0 Å². The van der Waals surface area contributed by atoms with Crippen LogP contribution in [0.25, 0.3) is 0 Å². The molecule has 1 aliphatic rings. The summed E-state index contributed by atoms with van der Waals surface area (Å²) in [6.07, 6.45) is -5.05. The molecule has 1 saturated heterocycles. The minimum atomic E-state index is -1.34. The van der Waals surface area contributed by atoms with Crippen molar-refractivity contribution in [1.29, 1.82) is 0 Å². The van der Waals surface area contributed by atoms with Gasteiger partial charge in [-0.05, 0) is 0 Å². The fourth-order valence-corrected chi connectivity index (χ4v) is 2.66. The first-order valence-electron chi connectivity index (χ1n) is 7.81. The van der Waals surface area contributed by atoms with Gasteiger partial charge < -0.3 is 29.0 Å². The second-order valence-electron chi connectivity index (χ2n) is 5.73. The van der Waals surface area contributed by atoms with Gasteiger partial charge in [0.25, 0.3) is 0 Å². The van der Waals surface area contributed by atoms with Crippen molar-refractivity contribution in [2.45, 2.75) is 51.4 Å². The first-order chi connectivity index (χ1) is 12.6. The molecular weight excluding hydrogens is 366 g/mol. The second kappa shape index (κ2) is 8.14. The number of hydrogen-bond acceptors (Lipinski definition) is 10. The maximum atomic E-state index is 11.5. The van der Waals surface area contributed by atoms with Crippen LogP contribution in [-0.2, 0) is 33.3 Å². The van der Waals surface area contributed by atoms with Gasteiger partial charge in [-0.2, -0.15) is 0 Å². The number of aromatic nitrogens is 2. The number of rotatable bonds is 6. The monoisotopic (exact) mass is 385 g/mol.